The molecule has 4 heteroatoms. The minimum Gasteiger partial charge on any atom is -0.478 e. The van der Waals surface area contributed by atoms with Gasteiger partial charge in [0.1, 0.15) is 12.4 Å². The number of carbonyl (C=O) groups is 1. The molecule has 4 nitrogen and oxygen atoms in total. The van der Waals surface area contributed by atoms with E-state index in [1.54, 1.807) is 4.57 Å². The van der Waals surface area contributed by atoms with Gasteiger partial charge < -0.3 is 5.11 Å². The molecule has 0 aliphatic rings. The van der Waals surface area contributed by atoms with Crippen molar-refractivity contribution in [3.63, 3.8) is 0 Å². The molecule has 0 spiro atoms. The topological polar surface area (TPSA) is 46.1 Å². The summed E-state index contributed by atoms with van der Waals surface area (Å²) in [7, 11) is 0. The van der Waals surface area contributed by atoms with Gasteiger partial charge in [0.2, 0.25) is 0 Å². The summed E-state index contributed by atoms with van der Waals surface area (Å²) in [5.74, 6) is 0.173. The molecule has 0 atom stereocenters. The van der Waals surface area contributed by atoms with Gasteiger partial charge in [-0.15, -0.1) is 0 Å². The number of benzene rings is 1. The highest BCUT2D eigenvalue weighted by Crippen LogP contribution is 2.07. The molecule has 0 saturated carbocycles. The van der Waals surface area contributed by atoms with Gasteiger partial charge in [0, 0.05) is 6.92 Å². The molecule has 1 aromatic carbocycles. The van der Waals surface area contributed by atoms with Crippen LogP contribution < -0.4 is 4.57 Å². The minimum atomic E-state index is -0.810. The van der Waals surface area contributed by atoms with Crippen molar-refractivity contribution in [2.24, 2.45) is 0 Å². The number of imidazole rings is 1. The SMILES string of the molecule is Cc1ccc(CCCn2cc[n+](CC(=O)O)c2C)cc1. The van der Waals surface area contributed by atoms with Crippen LogP contribution in [0.2, 0.25) is 0 Å². The van der Waals surface area contributed by atoms with Gasteiger partial charge in [-0.1, -0.05) is 29.8 Å². The Balaban J connectivity index is 1.89. The number of hydrogen-bond donors (Lipinski definition) is 1. The lowest BCUT2D eigenvalue weighted by atomic mass is 10.1. The van der Waals surface area contributed by atoms with Crippen LogP contribution in [0.5, 0.6) is 0 Å². The fourth-order valence-corrected chi connectivity index (χ4v) is 2.30. The Bertz CT molecular complexity index is 585. The Morgan fingerprint density at radius 1 is 1.25 bits per heavy atom. The Morgan fingerprint density at radius 3 is 2.60 bits per heavy atom. The molecule has 106 valence electrons. The minimum absolute atomic E-state index is 0.0246. The number of hydrogen-bond acceptors (Lipinski definition) is 1. The first-order valence-electron chi connectivity index (χ1n) is 6.89. The Labute approximate surface area is 119 Å². The number of aryl methyl sites for hydroxylation is 3. The number of carboxylic acid groups (broad SMARTS) is 1. The van der Waals surface area contributed by atoms with Gasteiger partial charge in [-0.05, 0) is 25.3 Å². The maximum Gasteiger partial charge on any atom is 0.346 e. The third-order valence-electron chi connectivity index (χ3n) is 3.55. The van der Waals surface area contributed by atoms with Gasteiger partial charge in [0.05, 0.1) is 6.54 Å². The van der Waals surface area contributed by atoms with Crippen molar-refractivity contribution in [1.29, 1.82) is 0 Å². The Hall–Kier alpha value is -2.10. The second-order valence-corrected chi connectivity index (χ2v) is 5.15. The van der Waals surface area contributed by atoms with Crippen molar-refractivity contribution in [2.45, 2.75) is 39.8 Å². The van der Waals surface area contributed by atoms with Gasteiger partial charge >= 0.3 is 5.97 Å². The molecule has 1 aromatic heterocycles. The van der Waals surface area contributed by atoms with Crippen LogP contribution in [0, 0.1) is 13.8 Å². The zero-order chi connectivity index (χ0) is 14.5. The van der Waals surface area contributed by atoms with E-state index in [1.165, 1.54) is 11.1 Å². The number of aromatic nitrogens is 2. The summed E-state index contributed by atoms with van der Waals surface area (Å²) in [4.78, 5) is 10.7. The molecule has 0 saturated heterocycles. The number of rotatable bonds is 6. The van der Waals surface area contributed by atoms with Crippen LogP contribution in [0.4, 0.5) is 0 Å². The molecular weight excluding hydrogens is 252 g/mol. The van der Waals surface area contributed by atoms with Crippen LogP contribution in [0.15, 0.2) is 36.7 Å². The van der Waals surface area contributed by atoms with Crippen LogP contribution in [0.1, 0.15) is 23.4 Å². The molecular formula is C16H21N2O2+. The predicted octanol–water partition coefficient (Wildman–Crippen LogP) is 2.11. The second kappa shape index (κ2) is 6.37. The quantitative estimate of drug-likeness (QED) is 0.819. The summed E-state index contributed by atoms with van der Waals surface area (Å²) in [5, 5.41) is 8.82. The average molecular weight is 273 g/mol. The van der Waals surface area contributed by atoms with Crippen molar-refractivity contribution >= 4 is 5.97 Å². The fourth-order valence-electron chi connectivity index (χ4n) is 2.30. The molecule has 0 unspecified atom stereocenters. The maximum absolute atomic E-state index is 10.7. The van der Waals surface area contributed by atoms with Crippen LogP contribution in [0.25, 0.3) is 0 Å². The maximum atomic E-state index is 10.7. The summed E-state index contributed by atoms with van der Waals surface area (Å²) >= 11 is 0. The van der Waals surface area contributed by atoms with Crippen molar-refractivity contribution < 1.29 is 14.5 Å². The Morgan fingerprint density at radius 2 is 1.95 bits per heavy atom. The molecule has 0 aliphatic heterocycles. The lowest BCUT2D eigenvalue weighted by molar-refractivity contribution is -0.691. The third-order valence-corrected chi connectivity index (χ3v) is 3.55. The number of carboxylic acids is 1. The first-order valence-corrected chi connectivity index (χ1v) is 6.89. The molecule has 1 N–H and O–H groups in total. The first-order chi connectivity index (χ1) is 9.56. The van der Waals surface area contributed by atoms with Crippen molar-refractivity contribution in [2.75, 3.05) is 0 Å². The summed E-state index contributed by atoms with van der Waals surface area (Å²) in [6.45, 7) is 4.98. The van der Waals surface area contributed by atoms with Crippen molar-refractivity contribution in [1.82, 2.24) is 4.57 Å². The highest BCUT2D eigenvalue weighted by molar-refractivity contribution is 5.64. The van der Waals surface area contributed by atoms with Crippen molar-refractivity contribution in [3.8, 4) is 0 Å². The van der Waals surface area contributed by atoms with Crippen LogP contribution in [0.3, 0.4) is 0 Å². The smallest absolute Gasteiger partial charge is 0.346 e. The monoisotopic (exact) mass is 273 g/mol. The Kier molecular flexibility index (Phi) is 4.56. The molecule has 20 heavy (non-hydrogen) atoms. The van der Waals surface area contributed by atoms with Crippen LogP contribution in [-0.2, 0) is 24.3 Å². The van der Waals surface area contributed by atoms with Crippen LogP contribution in [-0.4, -0.2) is 15.6 Å². The van der Waals surface area contributed by atoms with E-state index < -0.39 is 5.97 Å². The van der Waals surface area contributed by atoms with Gasteiger partial charge in [-0.3, -0.25) is 0 Å². The molecule has 2 rings (SSSR count). The van der Waals surface area contributed by atoms with E-state index in [0.29, 0.717) is 0 Å². The second-order valence-electron chi connectivity index (χ2n) is 5.15. The number of aliphatic carboxylic acids is 1. The summed E-state index contributed by atoms with van der Waals surface area (Å²) < 4.78 is 3.87. The van der Waals surface area contributed by atoms with Gasteiger partial charge in [-0.2, -0.15) is 0 Å². The molecule has 1 heterocycles. The zero-order valence-corrected chi connectivity index (χ0v) is 12.0. The van der Waals surface area contributed by atoms with E-state index in [4.69, 9.17) is 5.11 Å². The lowest BCUT2D eigenvalue weighted by Gasteiger charge is -2.02. The van der Waals surface area contributed by atoms with Gasteiger partial charge in [0.15, 0.2) is 6.54 Å². The van der Waals surface area contributed by atoms with E-state index in [-0.39, 0.29) is 6.54 Å². The highest BCUT2D eigenvalue weighted by Gasteiger charge is 2.14. The number of nitrogens with zero attached hydrogens (tertiary/aromatic N) is 2. The molecule has 0 radical (unpaired) electrons. The molecule has 2 aromatic rings. The predicted molar refractivity (Wildman–Crippen MR) is 76.5 cm³/mol. The molecule has 0 fully saturated rings. The average Bonchev–Trinajstić information content (AvgIpc) is 2.73. The largest absolute Gasteiger partial charge is 0.478 e. The van der Waals surface area contributed by atoms with Gasteiger partial charge in [0.25, 0.3) is 5.82 Å². The zero-order valence-electron chi connectivity index (χ0n) is 12.0. The van der Waals surface area contributed by atoms with E-state index in [1.807, 2.05) is 19.3 Å². The fraction of sp³-hybridized carbons (Fsp3) is 0.375. The molecule has 0 aliphatic carbocycles. The van der Waals surface area contributed by atoms with E-state index in [9.17, 15) is 4.79 Å². The van der Waals surface area contributed by atoms with E-state index >= 15 is 0 Å². The molecule has 0 amide bonds. The van der Waals surface area contributed by atoms with E-state index in [0.717, 1.165) is 25.2 Å². The first kappa shape index (κ1) is 14.3. The van der Waals surface area contributed by atoms with Crippen molar-refractivity contribution in [3.05, 3.63) is 53.6 Å². The molecule has 0 bridgehead atoms. The normalized spacial score (nSPS) is 10.7. The van der Waals surface area contributed by atoms with Crippen LogP contribution >= 0.6 is 0 Å². The van der Waals surface area contributed by atoms with E-state index in [2.05, 4.69) is 35.8 Å². The summed E-state index contributed by atoms with van der Waals surface area (Å²) in [6.07, 6.45) is 5.87. The third kappa shape index (κ3) is 3.70. The standard InChI is InChI=1S/C16H20N2O2/c1-13-5-7-15(8-6-13)4-3-9-17-10-11-18(14(17)2)12-16(19)20/h5-8,10-11H,3-4,9,12H2,1-2H3/p+1. The van der Waals surface area contributed by atoms with Gasteiger partial charge in [-0.25, -0.2) is 13.9 Å². The highest BCUT2D eigenvalue weighted by atomic mass is 16.4. The summed E-state index contributed by atoms with van der Waals surface area (Å²) in [6, 6.07) is 8.61. The lowest BCUT2D eigenvalue weighted by Crippen LogP contribution is -2.39. The summed E-state index contributed by atoms with van der Waals surface area (Å²) in [5.41, 5.74) is 2.63.